The lowest BCUT2D eigenvalue weighted by atomic mass is 10.1. The Morgan fingerprint density at radius 3 is 2.63 bits per heavy atom. The minimum Gasteiger partial charge on any atom is -0.389 e. The van der Waals surface area contributed by atoms with E-state index in [9.17, 15) is 5.11 Å². The van der Waals surface area contributed by atoms with Crippen LogP contribution < -0.4 is 4.90 Å². The normalized spacial score (nSPS) is 11.8. The van der Waals surface area contributed by atoms with Crippen molar-refractivity contribution in [3.8, 4) is 11.3 Å². The first-order valence-corrected chi connectivity index (χ1v) is 9.57. The summed E-state index contributed by atoms with van der Waals surface area (Å²) in [6, 6.07) is 14.1. The molecule has 3 aromatic heterocycles. The molecule has 4 aromatic rings. The van der Waals surface area contributed by atoms with E-state index in [2.05, 4.69) is 27.0 Å². The molecule has 0 atom stereocenters. The standard InChI is InChI=1S/C20H21N5OS/c1-20(2,26)14-24(12-15-7-4-3-5-8-15)19-23-25-13-17(22-18(25)27-19)16-9-6-10-21-11-16/h3-11,13,26H,12,14H2,1-2H3. The number of imidazole rings is 1. The second-order valence-electron chi connectivity index (χ2n) is 7.13. The lowest BCUT2D eigenvalue weighted by Crippen LogP contribution is -2.38. The number of aromatic nitrogens is 4. The van der Waals surface area contributed by atoms with E-state index in [0.717, 1.165) is 21.3 Å². The van der Waals surface area contributed by atoms with Crippen molar-refractivity contribution >= 4 is 21.4 Å². The molecule has 0 aliphatic heterocycles. The minimum atomic E-state index is -0.830. The van der Waals surface area contributed by atoms with Crippen molar-refractivity contribution in [1.82, 2.24) is 19.6 Å². The van der Waals surface area contributed by atoms with E-state index in [4.69, 9.17) is 5.10 Å². The summed E-state index contributed by atoms with van der Waals surface area (Å²) in [5.41, 5.74) is 2.16. The predicted molar refractivity (Wildman–Crippen MR) is 108 cm³/mol. The van der Waals surface area contributed by atoms with E-state index in [0.29, 0.717) is 13.1 Å². The molecular formula is C20H21N5OS. The van der Waals surface area contributed by atoms with Crippen molar-refractivity contribution in [1.29, 1.82) is 0 Å². The van der Waals surface area contributed by atoms with Crippen molar-refractivity contribution in [3.05, 3.63) is 66.6 Å². The topological polar surface area (TPSA) is 66.5 Å². The molecule has 0 unspecified atom stereocenters. The van der Waals surface area contributed by atoms with Gasteiger partial charge in [-0.25, -0.2) is 9.50 Å². The highest BCUT2D eigenvalue weighted by Gasteiger charge is 2.22. The van der Waals surface area contributed by atoms with Crippen LogP contribution in [0.5, 0.6) is 0 Å². The molecule has 0 radical (unpaired) electrons. The summed E-state index contributed by atoms with van der Waals surface area (Å²) in [6.45, 7) is 4.78. The molecule has 0 saturated heterocycles. The van der Waals surface area contributed by atoms with Gasteiger partial charge in [-0.2, -0.15) is 0 Å². The average Bonchev–Trinajstić information content (AvgIpc) is 3.21. The Balaban J connectivity index is 1.65. The van der Waals surface area contributed by atoms with E-state index in [-0.39, 0.29) is 0 Å². The fourth-order valence-corrected chi connectivity index (χ4v) is 3.81. The Hall–Kier alpha value is -2.77. The number of nitrogens with zero attached hydrogens (tertiary/aromatic N) is 5. The van der Waals surface area contributed by atoms with Gasteiger partial charge in [0.05, 0.1) is 17.5 Å². The molecule has 0 aliphatic rings. The van der Waals surface area contributed by atoms with E-state index in [1.165, 1.54) is 16.9 Å². The number of fused-ring (bicyclic) bond motifs is 1. The lowest BCUT2D eigenvalue weighted by molar-refractivity contribution is 0.0869. The fourth-order valence-electron chi connectivity index (χ4n) is 2.93. The maximum Gasteiger partial charge on any atom is 0.214 e. The van der Waals surface area contributed by atoms with Gasteiger partial charge in [0.2, 0.25) is 10.1 Å². The monoisotopic (exact) mass is 379 g/mol. The van der Waals surface area contributed by atoms with Gasteiger partial charge in [0, 0.05) is 31.0 Å². The Kier molecular flexibility index (Phi) is 4.63. The van der Waals surface area contributed by atoms with Gasteiger partial charge in [-0.15, -0.1) is 5.10 Å². The average molecular weight is 379 g/mol. The molecule has 27 heavy (non-hydrogen) atoms. The van der Waals surface area contributed by atoms with E-state index < -0.39 is 5.60 Å². The maximum atomic E-state index is 10.4. The second kappa shape index (κ2) is 7.09. The zero-order valence-electron chi connectivity index (χ0n) is 15.3. The summed E-state index contributed by atoms with van der Waals surface area (Å²) in [7, 11) is 0. The number of hydrogen-bond acceptors (Lipinski definition) is 6. The third-order valence-electron chi connectivity index (χ3n) is 4.05. The fraction of sp³-hybridized carbons (Fsp3) is 0.250. The SMILES string of the molecule is CC(C)(O)CN(Cc1ccccc1)c1nn2cc(-c3cccnc3)nc2s1. The van der Waals surface area contributed by atoms with Gasteiger partial charge in [-0.1, -0.05) is 41.7 Å². The first-order chi connectivity index (χ1) is 13.0. The molecule has 0 amide bonds. The van der Waals surface area contributed by atoms with Crippen molar-refractivity contribution in [3.63, 3.8) is 0 Å². The summed E-state index contributed by atoms with van der Waals surface area (Å²) in [4.78, 5) is 11.7. The quantitative estimate of drug-likeness (QED) is 0.554. The lowest BCUT2D eigenvalue weighted by Gasteiger charge is -2.28. The van der Waals surface area contributed by atoms with Gasteiger partial charge in [-0.3, -0.25) is 4.98 Å². The zero-order chi connectivity index (χ0) is 18.9. The molecule has 0 saturated carbocycles. The van der Waals surface area contributed by atoms with Gasteiger partial charge in [0.15, 0.2) is 0 Å². The molecule has 4 rings (SSSR count). The third kappa shape index (κ3) is 4.15. The van der Waals surface area contributed by atoms with Crippen molar-refractivity contribution in [2.75, 3.05) is 11.4 Å². The van der Waals surface area contributed by atoms with Crippen LogP contribution in [-0.2, 0) is 6.54 Å². The summed E-state index contributed by atoms with van der Waals surface area (Å²) in [5, 5.41) is 15.9. The third-order valence-corrected chi connectivity index (χ3v) is 5.04. The van der Waals surface area contributed by atoms with Crippen molar-refractivity contribution in [2.24, 2.45) is 0 Å². The van der Waals surface area contributed by atoms with Crippen LogP contribution in [0.1, 0.15) is 19.4 Å². The van der Waals surface area contributed by atoms with Crippen LogP contribution in [-0.4, -0.2) is 36.8 Å². The molecule has 6 nitrogen and oxygen atoms in total. The number of anilines is 1. The van der Waals surface area contributed by atoms with Gasteiger partial charge >= 0.3 is 0 Å². The van der Waals surface area contributed by atoms with E-state index in [1.807, 2.05) is 50.4 Å². The van der Waals surface area contributed by atoms with Gasteiger partial charge < -0.3 is 10.0 Å². The summed E-state index contributed by atoms with van der Waals surface area (Å²) >= 11 is 1.52. The summed E-state index contributed by atoms with van der Waals surface area (Å²) in [6.07, 6.45) is 5.46. The molecule has 0 aliphatic carbocycles. The van der Waals surface area contributed by atoms with Gasteiger partial charge in [0.25, 0.3) is 0 Å². The summed E-state index contributed by atoms with van der Waals surface area (Å²) < 4.78 is 1.80. The van der Waals surface area contributed by atoms with E-state index in [1.54, 1.807) is 16.9 Å². The Bertz CT molecular complexity index is 989. The minimum absolute atomic E-state index is 0.480. The van der Waals surface area contributed by atoms with Crippen LogP contribution in [0.3, 0.4) is 0 Å². The Morgan fingerprint density at radius 2 is 1.96 bits per heavy atom. The van der Waals surface area contributed by atoms with Crippen LogP contribution in [0.2, 0.25) is 0 Å². The molecule has 3 heterocycles. The molecule has 0 spiro atoms. The summed E-state index contributed by atoms with van der Waals surface area (Å²) in [5.74, 6) is 0. The zero-order valence-corrected chi connectivity index (χ0v) is 16.1. The highest BCUT2D eigenvalue weighted by molar-refractivity contribution is 7.20. The number of pyridine rings is 1. The van der Waals surface area contributed by atoms with Crippen LogP contribution in [0.4, 0.5) is 5.13 Å². The van der Waals surface area contributed by atoms with Crippen molar-refractivity contribution < 1.29 is 5.11 Å². The predicted octanol–water partition coefficient (Wildman–Crippen LogP) is 3.63. The maximum absolute atomic E-state index is 10.4. The molecule has 1 aromatic carbocycles. The van der Waals surface area contributed by atoms with Crippen molar-refractivity contribution in [2.45, 2.75) is 26.0 Å². The number of hydrogen-bond donors (Lipinski definition) is 1. The van der Waals surface area contributed by atoms with E-state index >= 15 is 0 Å². The molecule has 7 heteroatoms. The van der Waals surface area contributed by atoms with Crippen LogP contribution in [0, 0.1) is 0 Å². The first-order valence-electron chi connectivity index (χ1n) is 8.76. The first kappa shape index (κ1) is 17.6. The van der Waals surface area contributed by atoms with Crippen LogP contribution in [0.25, 0.3) is 16.2 Å². The van der Waals surface area contributed by atoms with Crippen LogP contribution in [0.15, 0.2) is 61.1 Å². The molecule has 1 N–H and O–H groups in total. The van der Waals surface area contributed by atoms with Crippen LogP contribution >= 0.6 is 11.3 Å². The van der Waals surface area contributed by atoms with Gasteiger partial charge in [0.1, 0.15) is 0 Å². The Morgan fingerprint density at radius 1 is 1.15 bits per heavy atom. The number of aliphatic hydroxyl groups is 1. The molecular weight excluding hydrogens is 358 g/mol. The smallest absolute Gasteiger partial charge is 0.214 e. The molecule has 0 bridgehead atoms. The number of rotatable bonds is 6. The highest BCUT2D eigenvalue weighted by atomic mass is 32.1. The van der Waals surface area contributed by atoms with Gasteiger partial charge in [-0.05, 0) is 31.5 Å². The molecule has 0 fully saturated rings. The second-order valence-corrected chi connectivity index (χ2v) is 8.07. The highest BCUT2D eigenvalue weighted by Crippen LogP contribution is 2.28. The molecule has 138 valence electrons. The number of benzene rings is 1. The largest absolute Gasteiger partial charge is 0.389 e. The Labute approximate surface area is 161 Å².